The number of hydrogen-bond donors (Lipinski definition) is 1. The monoisotopic (exact) mass is 313 g/mol. The molecule has 2 aliphatic rings. The van der Waals surface area contributed by atoms with Crippen LogP contribution in [-0.4, -0.2) is 51.6 Å². The Kier molecular flexibility index (Phi) is 3.99. The van der Waals surface area contributed by atoms with Crippen LogP contribution in [0.1, 0.15) is 37.4 Å². The second-order valence-corrected chi connectivity index (χ2v) is 6.65. The quantitative estimate of drug-likeness (QED) is 0.911. The number of pyridine rings is 1. The summed E-state index contributed by atoms with van der Waals surface area (Å²) in [5.74, 6) is 1.73. The zero-order chi connectivity index (χ0) is 15.6. The molecule has 2 aromatic heterocycles. The van der Waals surface area contributed by atoms with E-state index in [1.807, 2.05) is 24.4 Å². The van der Waals surface area contributed by atoms with Crippen LogP contribution in [0.15, 0.2) is 24.4 Å². The van der Waals surface area contributed by atoms with Gasteiger partial charge in [-0.15, -0.1) is 10.2 Å². The zero-order valence-corrected chi connectivity index (χ0v) is 13.3. The standard InChI is InChI=1S/C17H23N5O/c23-17(13-5-3-8-18-11-13)21-9-4-6-14(12-21)16-20-19-15-7-1-2-10-22(15)16/h1-2,7,10,13-14,18H,3-6,8-9,11-12H2. The molecule has 2 fully saturated rings. The average Bonchev–Trinajstić information content (AvgIpc) is 3.06. The number of aromatic nitrogens is 3. The van der Waals surface area contributed by atoms with Crippen molar-refractivity contribution in [2.75, 3.05) is 26.2 Å². The van der Waals surface area contributed by atoms with Crippen LogP contribution in [-0.2, 0) is 4.79 Å². The van der Waals surface area contributed by atoms with Crippen molar-refractivity contribution in [3.05, 3.63) is 30.2 Å². The van der Waals surface area contributed by atoms with Gasteiger partial charge in [0.1, 0.15) is 5.82 Å². The highest BCUT2D eigenvalue weighted by molar-refractivity contribution is 5.79. The Bertz CT molecular complexity index is 691. The van der Waals surface area contributed by atoms with Gasteiger partial charge in [-0.25, -0.2) is 0 Å². The molecule has 2 saturated heterocycles. The van der Waals surface area contributed by atoms with E-state index in [1.54, 1.807) is 0 Å². The van der Waals surface area contributed by atoms with Crippen molar-refractivity contribution in [2.24, 2.45) is 5.92 Å². The van der Waals surface area contributed by atoms with Gasteiger partial charge in [-0.3, -0.25) is 9.20 Å². The highest BCUT2D eigenvalue weighted by atomic mass is 16.2. The molecule has 1 amide bonds. The maximum absolute atomic E-state index is 12.8. The maximum Gasteiger partial charge on any atom is 0.226 e. The van der Waals surface area contributed by atoms with Gasteiger partial charge >= 0.3 is 0 Å². The van der Waals surface area contributed by atoms with Gasteiger partial charge in [0.15, 0.2) is 5.65 Å². The fourth-order valence-electron chi connectivity index (χ4n) is 3.85. The lowest BCUT2D eigenvalue weighted by Crippen LogP contribution is -2.46. The second kappa shape index (κ2) is 6.28. The Hall–Kier alpha value is -1.95. The minimum absolute atomic E-state index is 0.151. The van der Waals surface area contributed by atoms with Crippen LogP contribution in [0, 0.1) is 5.92 Å². The second-order valence-electron chi connectivity index (χ2n) is 6.65. The van der Waals surface area contributed by atoms with Gasteiger partial charge in [0, 0.05) is 31.7 Å². The predicted molar refractivity (Wildman–Crippen MR) is 87.1 cm³/mol. The minimum Gasteiger partial charge on any atom is -0.342 e. The Morgan fingerprint density at radius 1 is 1.22 bits per heavy atom. The first-order chi connectivity index (χ1) is 11.3. The van der Waals surface area contributed by atoms with Crippen molar-refractivity contribution in [1.82, 2.24) is 24.8 Å². The van der Waals surface area contributed by atoms with Gasteiger partial charge < -0.3 is 10.2 Å². The SMILES string of the molecule is O=C(C1CCCNC1)N1CCCC(c2nnc3ccccn23)C1. The molecule has 0 bridgehead atoms. The van der Waals surface area contributed by atoms with E-state index in [2.05, 4.69) is 24.8 Å². The molecule has 0 radical (unpaired) electrons. The molecule has 2 atom stereocenters. The van der Waals surface area contributed by atoms with Crippen LogP contribution in [0.4, 0.5) is 0 Å². The minimum atomic E-state index is 0.151. The molecule has 122 valence electrons. The fraction of sp³-hybridized carbons (Fsp3) is 0.588. The maximum atomic E-state index is 12.8. The summed E-state index contributed by atoms with van der Waals surface area (Å²) < 4.78 is 2.06. The summed E-state index contributed by atoms with van der Waals surface area (Å²) in [6, 6.07) is 5.94. The summed E-state index contributed by atoms with van der Waals surface area (Å²) in [4.78, 5) is 14.8. The first kappa shape index (κ1) is 14.6. The van der Waals surface area contributed by atoms with Crippen LogP contribution in [0.2, 0.25) is 0 Å². The molecule has 6 nitrogen and oxygen atoms in total. The number of fused-ring (bicyclic) bond motifs is 1. The number of carbonyl (C=O) groups excluding carboxylic acids is 1. The Morgan fingerprint density at radius 2 is 2.17 bits per heavy atom. The van der Waals surface area contributed by atoms with Crippen molar-refractivity contribution in [3.8, 4) is 0 Å². The first-order valence-electron chi connectivity index (χ1n) is 8.62. The Morgan fingerprint density at radius 3 is 3.04 bits per heavy atom. The summed E-state index contributed by atoms with van der Waals surface area (Å²) in [6.45, 7) is 3.51. The highest BCUT2D eigenvalue weighted by Crippen LogP contribution is 2.27. The van der Waals surface area contributed by atoms with E-state index in [9.17, 15) is 4.79 Å². The molecule has 0 saturated carbocycles. The number of nitrogens with one attached hydrogen (secondary N) is 1. The van der Waals surface area contributed by atoms with E-state index in [0.29, 0.717) is 5.91 Å². The van der Waals surface area contributed by atoms with Crippen LogP contribution in [0.25, 0.3) is 5.65 Å². The molecule has 0 spiro atoms. The number of hydrogen-bond acceptors (Lipinski definition) is 4. The number of piperidine rings is 2. The highest BCUT2D eigenvalue weighted by Gasteiger charge is 2.31. The molecule has 4 rings (SSSR count). The smallest absolute Gasteiger partial charge is 0.226 e. The topological polar surface area (TPSA) is 62.5 Å². The summed E-state index contributed by atoms with van der Waals surface area (Å²) in [5.41, 5.74) is 0.877. The number of amides is 1. The average molecular weight is 313 g/mol. The number of nitrogens with zero attached hydrogens (tertiary/aromatic N) is 4. The molecule has 2 aliphatic heterocycles. The first-order valence-corrected chi connectivity index (χ1v) is 8.62. The van der Waals surface area contributed by atoms with Crippen molar-refractivity contribution in [1.29, 1.82) is 0 Å². The van der Waals surface area contributed by atoms with Crippen LogP contribution < -0.4 is 5.32 Å². The molecular weight excluding hydrogens is 290 g/mol. The van der Waals surface area contributed by atoms with Gasteiger partial charge in [0.2, 0.25) is 5.91 Å². The van der Waals surface area contributed by atoms with Crippen molar-refractivity contribution in [3.63, 3.8) is 0 Å². The lowest BCUT2D eigenvalue weighted by molar-refractivity contribution is -0.137. The zero-order valence-electron chi connectivity index (χ0n) is 13.3. The van der Waals surface area contributed by atoms with Gasteiger partial charge in [0.05, 0.1) is 5.92 Å². The lowest BCUT2D eigenvalue weighted by Gasteiger charge is -2.35. The third kappa shape index (κ3) is 2.83. The van der Waals surface area contributed by atoms with Crippen molar-refractivity contribution >= 4 is 11.6 Å². The van der Waals surface area contributed by atoms with Crippen molar-refractivity contribution in [2.45, 2.75) is 31.6 Å². The van der Waals surface area contributed by atoms with Crippen LogP contribution in [0.3, 0.4) is 0 Å². The fourth-order valence-corrected chi connectivity index (χ4v) is 3.85. The van der Waals surface area contributed by atoms with E-state index in [0.717, 1.165) is 63.3 Å². The Labute approximate surface area is 135 Å². The third-order valence-electron chi connectivity index (χ3n) is 5.08. The molecule has 4 heterocycles. The summed E-state index contributed by atoms with van der Waals surface area (Å²) >= 11 is 0. The van der Waals surface area contributed by atoms with Crippen molar-refractivity contribution < 1.29 is 4.79 Å². The van der Waals surface area contributed by atoms with E-state index >= 15 is 0 Å². The molecule has 23 heavy (non-hydrogen) atoms. The van der Waals surface area contributed by atoms with Gasteiger partial charge in [-0.1, -0.05) is 6.07 Å². The van der Waals surface area contributed by atoms with Gasteiger partial charge in [-0.2, -0.15) is 0 Å². The Balaban J connectivity index is 1.51. The molecule has 1 N–H and O–H groups in total. The number of rotatable bonds is 2. The molecule has 2 aromatic rings. The summed E-state index contributed by atoms with van der Waals surface area (Å²) in [7, 11) is 0. The predicted octanol–water partition coefficient (Wildman–Crippen LogP) is 1.43. The van der Waals surface area contributed by atoms with E-state index < -0.39 is 0 Å². The van der Waals surface area contributed by atoms with Gasteiger partial charge in [0.25, 0.3) is 0 Å². The normalized spacial score (nSPS) is 25.7. The van der Waals surface area contributed by atoms with Crippen LogP contribution in [0.5, 0.6) is 0 Å². The van der Waals surface area contributed by atoms with Gasteiger partial charge in [-0.05, 0) is 44.4 Å². The third-order valence-corrected chi connectivity index (χ3v) is 5.08. The summed E-state index contributed by atoms with van der Waals surface area (Å²) in [5, 5.41) is 12.0. The summed E-state index contributed by atoms with van der Waals surface area (Å²) in [6.07, 6.45) is 6.24. The molecule has 6 heteroatoms. The van der Waals surface area contributed by atoms with E-state index in [1.165, 1.54) is 0 Å². The molecular formula is C17H23N5O. The largest absolute Gasteiger partial charge is 0.342 e. The van der Waals surface area contributed by atoms with Crippen LogP contribution >= 0.6 is 0 Å². The molecule has 0 aliphatic carbocycles. The number of likely N-dealkylation sites (tertiary alicyclic amines) is 1. The number of carbonyl (C=O) groups is 1. The van der Waals surface area contributed by atoms with E-state index in [-0.39, 0.29) is 11.8 Å². The molecule has 2 unspecified atom stereocenters. The lowest BCUT2D eigenvalue weighted by atomic mass is 9.93. The molecule has 0 aromatic carbocycles. The van der Waals surface area contributed by atoms with E-state index in [4.69, 9.17) is 0 Å².